The summed E-state index contributed by atoms with van der Waals surface area (Å²) in [5.74, 6) is 0.444. The van der Waals surface area contributed by atoms with Crippen molar-refractivity contribution < 1.29 is 14.4 Å². The number of hydrogen-bond acceptors (Lipinski definition) is 3. The molecule has 0 aromatic carbocycles. The Morgan fingerprint density at radius 1 is 1.26 bits per heavy atom. The molecular formula is C15H23NO3. The van der Waals surface area contributed by atoms with E-state index in [0.29, 0.717) is 22.8 Å². The monoisotopic (exact) mass is 265 g/mol. The van der Waals surface area contributed by atoms with Crippen LogP contribution in [-0.2, 0) is 0 Å². The standard InChI is InChI=1S/C15H23NO3/c1-9-12(14(17)18)13(16-19-9)10-5-7-11(8-6-10)15(2,3)4/h10-11H,5-8H2,1-4H3,(H,17,18). The van der Waals surface area contributed by atoms with Gasteiger partial charge in [-0.1, -0.05) is 25.9 Å². The molecule has 1 saturated carbocycles. The highest BCUT2D eigenvalue weighted by atomic mass is 16.5. The van der Waals surface area contributed by atoms with Gasteiger partial charge in [-0.3, -0.25) is 0 Å². The molecule has 4 nitrogen and oxygen atoms in total. The first-order valence-corrected chi connectivity index (χ1v) is 7.00. The zero-order chi connectivity index (χ0) is 14.2. The second kappa shape index (κ2) is 4.99. The van der Waals surface area contributed by atoms with E-state index in [-0.39, 0.29) is 11.5 Å². The highest BCUT2D eigenvalue weighted by molar-refractivity contribution is 5.90. The van der Waals surface area contributed by atoms with E-state index >= 15 is 0 Å². The van der Waals surface area contributed by atoms with Crippen molar-refractivity contribution in [3.05, 3.63) is 17.0 Å². The van der Waals surface area contributed by atoms with Gasteiger partial charge in [-0.25, -0.2) is 4.79 Å². The van der Waals surface area contributed by atoms with Crippen LogP contribution < -0.4 is 0 Å². The van der Waals surface area contributed by atoms with Crippen molar-refractivity contribution in [3.63, 3.8) is 0 Å². The molecule has 1 aromatic heterocycles. The molecule has 0 saturated heterocycles. The summed E-state index contributed by atoms with van der Waals surface area (Å²) in [6.07, 6.45) is 4.29. The van der Waals surface area contributed by atoms with Crippen molar-refractivity contribution in [1.29, 1.82) is 0 Å². The predicted octanol–water partition coefficient (Wildman–Crippen LogP) is 4.00. The molecule has 1 N–H and O–H groups in total. The fraction of sp³-hybridized carbons (Fsp3) is 0.733. The van der Waals surface area contributed by atoms with Crippen LogP contribution in [0.4, 0.5) is 0 Å². The van der Waals surface area contributed by atoms with Crippen LogP contribution in [0.3, 0.4) is 0 Å². The number of carboxylic acid groups (broad SMARTS) is 1. The third-order valence-corrected chi connectivity index (χ3v) is 4.44. The maximum atomic E-state index is 11.3. The number of aryl methyl sites for hydroxylation is 1. The van der Waals surface area contributed by atoms with Crippen LogP contribution in [0.2, 0.25) is 0 Å². The quantitative estimate of drug-likeness (QED) is 0.877. The maximum absolute atomic E-state index is 11.3. The third kappa shape index (κ3) is 2.82. The molecule has 1 aliphatic rings. The lowest BCUT2D eigenvalue weighted by atomic mass is 9.69. The molecule has 0 bridgehead atoms. The normalized spacial score (nSPS) is 24.4. The van der Waals surface area contributed by atoms with Crippen LogP contribution >= 0.6 is 0 Å². The van der Waals surface area contributed by atoms with E-state index < -0.39 is 5.97 Å². The number of hydrogen-bond donors (Lipinski definition) is 1. The molecule has 106 valence electrons. The smallest absolute Gasteiger partial charge is 0.341 e. The van der Waals surface area contributed by atoms with Crippen molar-refractivity contribution >= 4 is 5.97 Å². The first-order valence-electron chi connectivity index (χ1n) is 7.00. The predicted molar refractivity (Wildman–Crippen MR) is 72.4 cm³/mol. The molecule has 1 fully saturated rings. The zero-order valence-electron chi connectivity index (χ0n) is 12.2. The minimum atomic E-state index is -0.924. The summed E-state index contributed by atoms with van der Waals surface area (Å²) in [7, 11) is 0. The van der Waals surface area contributed by atoms with Crippen molar-refractivity contribution in [3.8, 4) is 0 Å². The van der Waals surface area contributed by atoms with E-state index in [1.54, 1.807) is 6.92 Å². The molecule has 2 rings (SSSR count). The zero-order valence-corrected chi connectivity index (χ0v) is 12.2. The van der Waals surface area contributed by atoms with Gasteiger partial charge in [0.25, 0.3) is 0 Å². The maximum Gasteiger partial charge on any atom is 0.341 e. The lowest BCUT2D eigenvalue weighted by molar-refractivity contribution is 0.0692. The van der Waals surface area contributed by atoms with Crippen molar-refractivity contribution in [2.75, 3.05) is 0 Å². The number of aromatic nitrogens is 1. The van der Waals surface area contributed by atoms with Crippen molar-refractivity contribution in [2.45, 2.75) is 59.3 Å². The molecule has 4 heteroatoms. The topological polar surface area (TPSA) is 63.3 Å². The third-order valence-electron chi connectivity index (χ3n) is 4.44. The van der Waals surface area contributed by atoms with Crippen LogP contribution in [-0.4, -0.2) is 16.2 Å². The van der Waals surface area contributed by atoms with E-state index in [0.717, 1.165) is 25.7 Å². The number of nitrogens with zero attached hydrogens (tertiary/aromatic N) is 1. The fourth-order valence-corrected chi connectivity index (χ4v) is 3.16. The van der Waals surface area contributed by atoms with Gasteiger partial charge in [0.2, 0.25) is 0 Å². The number of aromatic carboxylic acids is 1. The summed E-state index contributed by atoms with van der Waals surface area (Å²) >= 11 is 0. The molecular weight excluding hydrogens is 242 g/mol. The van der Waals surface area contributed by atoms with Crippen molar-refractivity contribution in [2.24, 2.45) is 11.3 Å². The minimum Gasteiger partial charge on any atom is -0.477 e. The van der Waals surface area contributed by atoms with Gasteiger partial charge in [0.05, 0.1) is 0 Å². The Morgan fingerprint density at radius 3 is 2.32 bits per heavy atom. The summed E-state index contributed by atoms with van der Waals surface area (Å²) in [5, 5.41) is 13.2. The van der Waals surface area contributed by atoms with E-state index in [1.165, 1.54) is 0 Å². The molecule has 0 atom stereocenters. The fourth-order valence-electron chi connectivity index (χ4n) is 3.16. The summed E-state index contributed by atoms with van der Waals surface area (Å²) in [5.41, 5.74) is 1.26. The average Bonchev–Trinajstić information content (AvgIpc) is 2.70. The van der Waals surface area contributed by atoms with Gasteiger partial charge in [-0.2, -0.15) is 0 Å². The van der Waals surface area contributed by atoms with Crippen molar-refractivity contribution in [1.82, 2.24) is 5.16 Å². The highest BCUT2D eigenvalue weighted by Gasteiger charge is 2.33. The number of carboxylic acids is 1. The number of rotatable bonds is 2. The van der Waals surface area contributed by atoms with Crippen LogP contribution in [0.25, 0.3) is 0 Å². The Hall–Kier alpha value is -1.32. The van der Waals surface area contributed by atoms with Gasteiger partial charge in [0, 0.05) is 5.92 Å². The molecule has 0 unspecified atom stereocenters. The van der Waals surface area contributed by atoms with Crippen LogP contribution in [0.5, 0.6) is 0 Å². The molecule has 0 aliphatic heterocycles. The molecule has 0 radical (unpaired) electrons. The molecule has 0 amide bonds. The van der Waals surface area contributed by atoms with Crippen LogP contribution in [0.15, 0.2) is 4.52 Å². The Labute approximate surface area is 114 Å². The van der Waals surface area contributed by atoms with Gasteiger partial charge in [0.1, 0.15) is 17.0 Å². The second-order valence-corrected chi connectivity index (χ2v) is 6.72. The van der Waals surface area contributed by atoms with Crippen LogP contribution in [0.1, 0.15) is 74.2 Å². The van der Waals surface area contributed by atoms with Gasteiger partial charge in [0.15, 0.2) is 0 Å². The lowest BCUT2D eigenvalue weighted by Crippen LogP contribution is -2.25. The van der Waals surface area contributed by atoms with E-state index in [9.17, 15) is 9.90 Å². The van der Waals surface area contributed by atoms with Gasteiger partial charge in [-0.15, -0.1) is 0 Å². The Bertz CT molecular complexity index is 462. The average molecular weight is 265 g/mol. The van der Waals surface area contributed by atoms with Gasteiger partial charge >= 0.3 is 5.97 Å². The van der Waals surface area contributed by atoms with Crippen LogP contribution in [0, 0.1) is 18.3 Å². The molecule has 19 heavy (non-hydrogen) atoms. The first-order chi connectivity index (χ1) is 8.80. The van der Waals surface area contributed by atoms with E-state index in [4.69, 9.17) is 4.52 Å². The number of carbonyl (C=O) groups is 1. The lowest BCUT2D eigenvalue weighted by Gasteiger charge is -2.36. The Balaban J connectivity index is 2.12. The largest absolute Gasteiger partial charge is 0.477 e. The van der Waals surface area contributed by atoms with Gasteiger partial charge in [-0.05, 0) is 43.9 Å². The second-order valence-electron chi connectivity index (χ2n) is 6.72. The SMILES string of the molecule is Cc1onc(C2CCC(C(C)(C)C)CC2)c1C(=O)O. The Morgan fingerprint density at radius 2 is 1.84 bits per heavy atom. The van der Waals surface area contributed by atoms with Gasteiger partial charge < -0.3 is 9.63 Å². The summed E-state index contributed by atoms with van der Waals surface area (Å²) in [6, 6.07) is 0. The molecule has 1 aliphatic carbocycles. The summed E-state index contributed by atoms with van der Waals surface area (Å²) in [4.78, 5) is 11.3. The molecule has 1 aromatic rings. The van der Waals surface area contributed by atoms with E-state index in [2.05, 4.69) is 25.9 Å². The Kier molecular flexibility index (Phi) is 3.70. The molecule has 0 spiro atoms. The summed E-state index contributed by atoms with van der Waals surface area (Å²) < 4.78 is 5.07. The highest BCUT2D eigenvalue weighted by Crippen LogP contribution is 2.43. The van der Waals surface area contributed by atoms with E-state index in [1.807, 2.05) is 0 Å². The first kappa shape index (κ1) is 14.1. The summed E-state index contributed by atoms with van der Waals surface area (Å²) in [6.45, 7) is 8.50. The minimum absolute atomic E-state index is 0.238. The molecule has 1 heterocycles.